The molecule has 1 amide bonds. The van der Waals surface area contributed by atoms with Crippen molar-refractivity contribution >= 4 is 5.91 Å². The van der Waals surface area contributed by atoms with Gasteiger partial charge in [0.15, 0.2) is 0 Å². The molecule has 0 aromatic carbocycles. The van der Waals surface area contributed by atoms with E-state index in [-0.39, 0.29) is 24.2 Å². The second kappa shape index (κ2) is 9.35. The summed E-state index contributed by atoms with van der Waals surface area (Å²) >= 11 is 0. The summed E-state index contributed by atoms with van der Waals surface area (Å²) in [6.45, 7) is 6.61. The number of rotatable bonds is 7. The number of nitrogens with one attached hydrogen (secondary N) is 1. The minimum Gasteiger partial charge on any atom is -0.365 e. The molecule has 0 heterocycles. The van der Waals surface area contributed by atoms with Gasteiger partial charge in [-0.25, -0.2) is 0 Å². The van der Waals surface area contributed by atoms with Crippen LogP contribution in [0.3, 0.4) is 0 Å². The lowest BCUT2D eigenvalue weighted by molar-refractivity contribution is -0.136. The molecule has 4 nitrogen and oxygen atoms in total. The van der Waals surface area contributed by atoms with Gasteiger partial charge in [0.2, 0.25) is 5.91 Å². The van der Waals surface area contributed by atoms with E-state index in [1.807, 2.05) is 6.92 Å². The first kappa shape index (κ1) is 17.4. The predicted octanol–water partition coefficient (Wildman–Crippen LogP) is 2.60. The molecule has 1 saturated carbocycles. The molecule has 3 N–H and O–H groups in total. The number of ether oxygens (including phenoxy) is 1. The van der Waals surface area contributed by atoms with Crippen molar-refractivity contribution in [2.75, 3.05) is 6.54 Å². The van der Waals surface area contributed by atoms with Gasteiger partial charge >= 0.3 is 0 Å². The molecular formula is C16H32N2O2. The maximum absolute atomic E-state index is 12.2. The fourth-order valence-electron chi connectivity index (χ4n) is 2.83. The Bertz CT molecular complexity index is 274. The van der Waals surface area contributed by atoms with Crippen LogP contribution in [0.4, 0.5) is 0 Å². The van der Waals surface area contributed by atoms with Crippen LogP contribution in [0.5, 0.6) is 0 Å². The molecule has 2 atom stereocenters. The Kier molecular flexibility index (Phi) is 8.15. The van der Waals surface area contributed by atoms with Gasteiger partial charge in [0.1, 0.15) is 6.10 Å². The summed E-state index contributed by atoms with van der Waals surface area (Å²) < 4.78 is 5.93. The third-order valence-electron chi connectivity index (χ3n) is 3.95. The molecule has 0 aliphatic heterocycles. The third-order valence-corrected chi connectivity index (χ3v) is 3.95. The minimum absolute atomic E-state index is 0.0228. The summed E-state index contributed by atoms with van der Waals surface area (Å²) in [6.07, 6.45) is 8.00. The van der Waals surface area contributed by atoms with Gasteiger partial charge in [-0.1, -0.05) is 39.5 Å². The van der Waals surface area contributed by atoms with E-state index in [2.05, 4.69) is 19.2 Å². The van der Waals surface area contributed by atoms with Crippen LogP contribution in [0.2, 0.25) is 0 Å². The first-order valence-electron chi connectivity index (χ1n) is 8.18. The van der Waals surface area contributed by atoms with Crippen molar-refractivity contribution in [3.63, 3.8) is 0 Å². The second-order valence-electron chi connectivity index (χ2n) is 6.46. The van der Waals surface area contributed by atoms with Gasteiger partial charge in [0, 0.05) is 12.6 Å². The Morgan fingerprint density at radius 3 is 2.30 bits per heavy atom. The van der Waals surface area contributed by atoms with Gasteiger partial charge in [-0.2, -0.15) is 0 Å². The molecule has 0 bridgehead atoms. The van der Waals surface area contributed by atoms with Crippen molar-refractivity contribution in [1.29, 1.82) is 0 Å². The van der Waals surface area contributed by atoms with Crippen molar-refractivity contribution in [2.24, 2.45) is 11.7 Å². The highest BCUT2D eigenvalue weighted by molar-refractivity contribution is 5.80. The zero-order valence-electron chi connectivity index (χ0n) is 13.4. The quantitative estimate of drug-likeness (QED) is 0.706. The molecule has 1 aliphatic rings. The zero-order valence-corrected chi connectivity index (χ0v) is 13.4. The van der Waals surface area contributed by atoms with Crippen LogP contribution in [0.25, 0.3) is 0 Å². The molecule has 1 rings (SSSR count). The molecule has 0 spiro atoms. The number of amides is 1. The van der Waals surface area contributed by atoms with Gasteiger partial charge in [-0.3, -0.25) is 4.79 Å². The molecule has 1 aliphatic carbocycles. The van der Waals surface area contributed by atoms with E-state index < -0.39 is 0 Å². The van der Waals surface area contributed by atoms with Crippen LogP contribution in [0.1, 0.15) is 65.7 Å². The monoisotopic (exact) mass is 284 g/mol. The highest BCUT2D eigenvalue weighted by Gasteiger charge is 2.22. The predicted molar refractivity (Wildman–Crippen MR) is 82.5 cm³/mol. The van der Waals surface area contributed by atoms with Gasteiger partial charge in [0.25, 0.3) is 0 Å². The summed E-state index contributed by atoms with van der Waals surface area (Å²) in [7, 11) is 0. The van der Waals surface area contributed by atoms with Crippen molar-refractivity contribution in [3.05, 3.63) is 0 Å². The van der Waals surface area contributed by atoms with Crippen LogP contribution >= 0.6 is 0 Å². The average molecular weight is 284 g/mol. The Hall–Kier alpha value is -0.610. The summed E-state index contributed by atoms with van der Waals surface area (Å²) in [5.41, 5.74) is 5.72. The van der Waals surface area contributed by atoms with Gasteiger partial charge in [-0.15, -0.1) is 0 Å². The Morgan fingerprint density at radius 2 is 1.80 bits per heavy atom. The topological polar surface area (TPSA) is 64.3 Å². The molecule has 2 unspecified atom stereocenters. The van der Waals surface area contributed by atoms with E-state index in [4.69, 9.17) is 10.5 Å². The lowest BCUT2D eigenvalue weighted by Crippen LogP contribution is -2.46. The van der Waals surface area contributed by atoms with Crippen molar-refractivity contribution in [3.8, 4) is 0 Å². The summed E-state index contributed by atoms with van der Waals surface area (Å²) in [4.78, 5) is 12.2. The Morgan fingerprint density at radius 1 is 1.20 bits per heavy atom. The Balaban J connectivity index is 2.36. The molecule has 0 aromatic heterocycles. The van der Waals surface area contributed by atoms with E-state index in [0.717, 1.165) is 19.3 Å². The largest absolute Gasteiger partial charge is 0.365 e. The third kappa shape index (κ3) is 6.71. The molecule has 0 radical (unpaired) electrons. The van der Waals surface area contributed by atoms with E-state index in [1.54, 1.807) is 0 Å². The number of carbonyl (C=O) groups is 1. The number of carbonyl (C=O) groups excluding carboxylic acids is 1. The van der Waals surface area contributed by atoms with E-state index >= 15 is 0 Å². The van der Waals surface area contributed by atoms with E-state index in [1.165, 1.54) is 25.7 Å². The smallest absolute Gasteiger partial charge is 0.249 e. The van der Waals surface area contributed by atoms with Crippen molar-refractivity contribution < 1.29 is 9.53 Å². The first-order valence-corrected chi connectivity index (χ1v) is 8.18. The number of hydrogen-bond donors (Lipinski definition) is 2. The summed E-state index contributed by atoms with van der Waals surface area (Å²) in [5.74, 6) is 0.507. The van der Waals surface area contributed by atoms with E-state index in [9.17, 15) is 4.79 Å². The molecule has 0 aromatic rings. The fourth-order valence-corrected chi connectivity index (χ4v) is 2.83. The van der Waals surface area contributed by atoms with Crippen molar-refractivity contribution in [1.82, 2.24) is 5.32 Å². The van der Waals surface area contributed by atoms with Crippen LogP contribution in [-0.4, -0.2) is 30.7 Å². The lowest BCUT2D eigenvalue weighted by Gasteiger charge is -2.24. The van der Waals surface area contributed by atoms with Crippen LogP contribution in [0.15, 0.2) is 0 Å². The molecule has 20 heavy (non-hydrogen) atoms. The molecule has 118 valence electrons. The van der Waals surface area contributed by atoms with Gasteiger partial charge in [0.05, 0.1) is 6.10 Å². The van der Waals surface area contributed by atoms with Crippen molar-refractivity contribution in [2.45, 2.75) is 84.0 Å². The summed E-state index contributed by atoms with van der Waals surface area (Å²) in [6, 6.07) is 0.0580. The highest BCUT2D eigenvalue weighted by atomic mass is 16.5. The molecular weight excluding hydrogens is 252 g/mol. The highest BCUT2D eigenvalue weighted by Crippen LogP contribution is 2.21. The number of nitrogens with two attached hydrogens (primary N) is 1. The van der Waals surface area contributed by atoms with E-state index in [0.29, 0.717) is 12.5 Å². The second-order valence-corrected chi connectivity index (χ2v) is 6.46. The molecule has 4 heteroatoms. The maximum Gasteiger partial charge on any atom is 0.249 e. The standard InChI is InChI=1S/C16H32N2O2/c1-12(2)10-14(11-17)18-16(19)13(3)20-15-8-6-4-5-7-9-15/h12-15H,4-11,17H2,1-3H3,(H,18,19). The first-order chi connectivity index (χ1) is 9.52. The summed E-state index contributed by atoms with van der Waals surface area (Å²) in [5, 5.41) is 3.01. The normalized spacial score (nSPS) is 20.4. The number of hydrogen-bond acceptors (Lipinski definition) is 3. The van der Waals surface area contributed by atoms with Gasteiger partial charge < -0.3 is 15.8 Å². The molecule has 1 fully saturated rings. The van der Waals surface area contributed by atoms with Gasteiger partial charge in [-0.05, 0) is 32.1 Å². The zero-order chi connectivity index (χ0) is 15.0. The maximum atomic E-state index is 12.2. The minimum atomic E-state index is -0.376. The SMILES string of the molecule is CC(C)CC(CN)NC(=O)C(C)OC1CCCCCC1. The Labute approximate surface area is 123 Å². The van der Waals surface area contributed by atoms with Crippen LogP contribution < -0.4 is 11.1 Å². The van der Waals surface area contributed by atoms with Crippen LogP contribution in [0, 0.1) is 5.92 Å². The molecule has 0 saturated heterocycles. The average Bonchev–Trinajstić information content (AvgIpc) is 2.65. The van der Waals surface area contributed by atoms with Crippen LogP contribution in [-0.2, 0) is 9.53 Å². The lowest BCUT2D eigenvalue weighted by atomic mass is 10.0. The fraction of sp³-hybridized carbons (Fsp3) is 0.938.